The van der Waals surface area contributed by atoms with E-state index in [1.165, 1.54) is 25.7 Å². The van der Waals surface area contributed by atoms with Crippen molar-refractivity contribution in [2.75, 3.05) is 6.61 Å². The van der Waals surface area contributed by atoms with Gasteiger partial charge in [-0.05, 0) is 32.1 Å². The van der Waals surface area contributed by atoms with E-state index in [2.05, 4.69) is 12.2 Å². The number of fused-ring (bicyclic) bond motifs is 2. The maximum absolute atomic E-state index is 5.77. The van der Waals surface area contributed by atoms with E-state index in [-0.39, 0.29) is 0 Å². The van der Waals surface area contributed by atoms with E-state index in [1.54, 1.807) is 0 Å². The zero-order valence-electron chi connectivity index (χ0n) is 7.88. The Bertz CT molecular complexity index is 137. The highest BCUT2D eigenvalue weighted by atomic mass is 16.5. The van der Waals surface area contributed by atoms with Crippen LogP contribution in [-0.2, 0) is 4.74 Å². The van der Waals surface area contributed by atoms with Crippen LogP contribution in [0.5, 0.6) is 0 Å². The third-order valence-electron chi connectivity index (χ3n) is 2.99. The topological polar surface area (TPSA) is 21.3 Å². The fraction of sp³-hybridized carbons (Fsp3) is 1.00. The summed E-state index contributed by atoms with van der Waals surface area (Å²) in [6, 6.07) is 1.54. The number of rotatable bonds is 3. The standard InChI is InChI=1S/C10H19NO/c1-2-5-12-10-6-8-3-4-9(7-10)11-8/h8-11H,2-7H2,1H3/t8-,9?,10?/m0/s1. The van der Waals surface area contributed by atoms with Crippen LogP contribution in [0, 0.1) is 0 Å². The third-order valence-corrected chi connectivity index (χ3v) is 2.99. The van der Waals surface area contributed by atoms with E-state index in [0.717, 1.165) is 25.1 Å². The normalized spacial score (nSPS) is 40.2. The maximum atomic E-state index is 5.77. The van der Waals surface area contributed by atoms with Crippen LogP contribution in [0.4, 0.5) is 0 Å². The van der Waals surface area contributed by atoms with Gasteiger partial charge in [0.15, 0.2) is 0 Å². The van der Waals surface area contributed by atoms with Crippen molar-refractivity contribution in [2.45, 2.75) is 57.2 Å². The Morgan fingerprint density at radius 1 is 1.25 bits per heavy atom. The molecule has 2 nitrogen and oxygen atoms in total. The Morgan fingerprint density at radius 2 is 1.92 bits per heavy atom. The molecule has 2 fully saturated rings. The van der Waals surface area contributed by atoms with Gasteiger partial charge >= 0.3 is 0 Å². The largest absolute Gasteiger partial charge is 0.378 e. The average molecular weight is 169 g/mol. The van der Waals surface area contributed by atoms with E-state index in [9.17, 15) is 0 Å². The van der Waals surface area contributed by atoms with Gasteiger partial charge in [0.25, 0.3) is 0 Å². The van der Waals surface area contributed by atoms with Crippen molar-refractivity contribution in [1.29, 1.82) is 0 Å². The Labute approximate surface area is 74.7 Å². The third kappa shape index (κ3) is 1.80. The Kier molecular flexibility index (Phi) is 2.66. The molecule has 2 aliphatic heterocycles. The molecule has 2 bridgehead atoms. The monoisotopic (exact) mass is 169 g/mol. The summed E-state index contributed by atoms with van der Waals surface area (Å²) in [5.74, 6) is 0. The average Bonchev–Trinajstić information content (AvgIpc) is 2.42. The molecule has 0 amide bonds. The van der Waals surface area contributed by atoms with Crippen LogP contribution in [0.1, 0.15) is 39.0 Å². The Hall–Kier alpha value is -0.0800. The first-order valence-corrected chi connectivity index (χ1v) is 5.26. The maximum Gasteiger partial charge on any atom is 0.0604 e. The Balaban J connectivity index is 1.78. The second-order valence-corrected chi connectivity index (χ2v) is 4.10. The molecule has 0 radical (unpaired) electrons. The molecule has 2 saturated heterocycles. The first kappa shape index (κ1) is 8.52. The number of hydrogen-bond acceptors (Lipinski definition) is 2. The van der Waals surface area contributed by atoms with Crippen molar-refractivity contribution in [3.63, 3.8) is 0 Å². The molecule has 70 valence electrons. The minimum Gasteiger partial charge on any atom is -0.378 e. The molecule has 0 spiro atoms. The summed E-state index contributed by atoms with van der Waals surface area (Å²) >= 11 is 0. The van der Waals surface area contributed by atoms with Gasteiger partial charge in [-0.3, -0.25) is 0 Å². The van der Waals surface area contributed by atoms with Crippen LogP contribution in [0.3, 0.4) is 0 Å². The molecule has 0 aromatic heterocycles. The van der Waals surface area contributed by atoms with Gasteiger partial charge in [0.2, 0.25) is 0 Å². The van der Waals surface area contributed by atoms with Gasteiger partial charge in [0.1, 0.15) is 0 Å². The molecular formula is C10H19NO. The van der Waals surface area contributed by atoms with Gasteiger partial charge in [0.05, 0.1) is 6.10 Å². The molecule has 12 heavy (non-hydrogen) atoms. The van der Waals surface area contributed by atoms with Gasteiger partial charge in [-0.1, -0.05) is 6.92 Å². The number of piperidine rings is 1. The first-order chi connectivity index (χ1) is 5.88. The molecule has 0 aromatic carbocycles. The molecule has 2 aliphatic rings. The van der Waals surface area contributed by atoms with Crippen LogP contribution >= 0.6 is 0 Å². The van der Waals surface area contributed by atoms with E-state index in [0.29, 0.717) is 6.10 Å². The lowest BCUT2D eigenvalue weighted by Crippen LogP contribution is -2.41. The molecule has 0 aromatic rings. The highest BCUT2D eigenvalue weighted by Gasteiger charge is 2.33. The molecular weight excluding hydrogens is 150 g/mol. The second-order valence-electron chi connectivity index (χ2n) is 4.10. The van der Waals surface area contributed by atoms with E-state index < -0.39 is 0 Å². The number of nitrogens with one attached hydrogen (secondary N) is 1. The lowest BCUT2D eigenvalue weighted by Gasteiger charge is -2.28. The molecule has 1 N–H and O–H groups in total. The first-order valence-electron chi connectivity index (χ1n) is 5.26. The van der Waals surface area contributed by atoms with Gasteiger partial charge in [0, 0.05) is 18.7 Å². The summed E-state index contributed by atoms with van der Waals surface area (Å²) in [6.45, 7) is 3.12. The fourth-order valence-electron chi connectivity index (χ4n) is 2.43. The van der Waals surface area contributed by atoms with Crippen molar-refractivity contribution < 1.29 is 4.74 Å². The molecule has 3 atom stereocenters. The second kappa shape index (κ2) is 3.75. The van der Waals surface area contributed by atoms with E-state index in [4.69, 9.17) is 4.74 Å². The zero-order valence-corrected chi connectivity index (χ0v) is 7.88. The van der Waals surface area contributed by atoms with Crippen LogP contribution < -0.4 is 5.32 Å². The summed E-state index contributed by atoms with van der Waals surface area (Å²) < 4.78 is 5.77. The summed E-state index contributed by atoms with van der Waals surface area (Å²) in [5.41, 5.74) is 0. The lowest BCUT2D eigenvalue weighted by atomic mass is 10.0. The minimum atomic E-state index is 0.559. The van der Waals surface area contributed by atoms with Crippen molar-refractivity contribution in [1.82, 2.24) is 5.32 Å². The Morgan fingerprint density at radius 3 is 2.50 bits per heavy atom. The predicted octanol–water partition coefficient (Wildman–Crippen LogP) is 1.70. The van der Waals surface area contributed by atoms with Gasteiger partial charge in [-0.15, -0.1) is 0 Å². The predicted molar refractivity (Wildman–Crippen MR) is 49.2 cm³/mol. The number of hydrogen-bond donors (Lipinski definition) is 1. The van der Waals surface area contributed by atoms with Gasteiger partial charge in [-0.25, -0.2) is 0 Å². The molecule has 0 saturated carbocycles. The fourth-order valence-corrected chi connectivity index (χ4v) is 2.43. The quantitative estimate of drug-likeness (QED) is 0.694. The van der Waals surface area contributed by atoms with Crippen molar-refractivity contribution in [3.8, 4) is 0 Å². The zero-order chi connectivity index (χ0) is 8.39. The van der Waals surface area contributed by atoms with Crippen molar-refractivity contribution >= 4 is 0 Å². The summed E-state index contributed by atoms with van der Waals surface area (Å²) in [4.78, 5) is 0. The van der Waals surface area contributed by atoms with E-state index in [1.807, 2.05) is 0 Å². The van der Waals surface area contributed by atoms with Crippen LogP contribution in [0.15, 0.2) is 0 Å². The van der Waals surface area contributed by atoms with Gasteiger partial charge in [-0.2, -0.15) is 0 Å². The molecule has 2 rings (SSSR count). The molecule has 2 unspecified atom stereocenters. The van der Waals surface area contributed by atoms with Crippen LogP contribution in [0.2, 0.25) is 0 Å². The van der Waals surface area contributed by atoms with Crippen molar-refractivity contribution in [2.24, 2.45) is 0 Å². The minimum absolute atomic E-state index is 0.559. The molecule has 0 aliphatic carbocycles. The van der Waals surface area contributed by atoms with Gasteiger partial charge < -0.3 is 10.1 Å². The smallest absolute Gasteiger partial charge is 0.0604 e. The lowest BCUT2D eigenvalue weighted by molar-refractivity contribution is 0.0207. The summed E-state index contributed by atoms with van der Waals surface area (Å²) in [7, 11) is 0. The SMILES string of the molecule is CCCOC1CC2CC[C@@H](C1)N2. The van der Waals surface area contributed by atoms with Crippen LogP contribution in [0.25, 0.3) is 0 Å². The van der Waals surface area contributed by atoms with Crippen LogP contribution in [-0.4, -0.2) is 24.8 Å². The summed E-state index contributed by atoms with van der Waals surface area (Å²) in [6.07, 6.45) is 6.95. The number of ether oxygens (including phenoxy) is 1. The summed E-state index contributed by atoms with van der Waals surface area (Å²) in [5, 5.41) is 3.62. The molecule has 2 heteroatoms. The van der Waals surface area contributed by atoms with E-state index >= 15 is 0 Å². The van der Waals surface area contributed by atoms with Crippen molar-refractivity contribution in [3.05, 3.63) is 0 Å². The highest BCUT2D eigenvalue weighted by molar-refractivity contribution is 4.92. The molecule has 2 heterocycles. The highest BCUT2D eigenvalue weighted by Crippen LogP contribution is 2.28.